The largest absolute Gasteiger partial charge is 0.318 e. The molecule has 0 unspecified atom stereocenters. The number of benzene rings is 2. The van der Waals surface area contributed by atoms with Gasteiger partial charge in [-0.1, -0.05) is 60.7 Å². The zero-order valence-electron chi connectivity index (χ0n) is 11.7. The fraction of sp³-hybridized carbons (Fsp3) is 0.235. The average molecular weight is 254 g/mol. The van der Waals surface area contributed by atoms with Crippen LogP contribution in [0.1, 0.15) is 22.0 Å². The van der Waals surface area contributed by atoms with E-state index in [4.69, 9.17) is 0 Å². The molecule has 0 amide bonds. The summed E-state index contributed by atoms with van der Waals surface area (Å²) in [6.07, 6.45) is 0. The maximum absolute atomic E-state index is 12.8. The lowest BCUT2D eigenvalue weighted by Gasteiger charge is -2.33. The predicted molar refractivity (Wildman–Crippen MR) is 78.0 cm³/mol. The Labute approximate surface area is 114 Å². The van der Waals surface area contributed by atoms with Crippen LogP contribution < -0.4 is 0 Å². The van der Waals surface area contributed by atoms with E-state index in [1.807, 2.05) is 60.7 Å². The van der Waals surface area contributed by atoms with Gasteiger partial charge in [0.2, 0.25) is 5.78 Å². The minimum atomic E-state index is -0.177. The molecule has 19 heavy (non-hydrogen) atoms. The first-order chi connectivity index (χ1) is 9.00. The zero-order valence-corrected chi connectivity index (χ0v) is 11.7. The van der Waals surface area contributed by atoms with Gasteiger partial charge >= 0.3 is 0 Å². The number of carbonyl (C=O) groups excluding carboxylic acids is 1. The molecule has 0 aliphatic rings. The van der Waals surface area contributed by atoms with Crippen LogP contribution in [0.4, 0.5) is 0 Å². The van der Waals surface area contributed by atoms with E-state index in [1.165, 1.54) is 0 Å². The molecule has 0 fully saturated rings. The summed E-state index contributed by atoms with van der Waals surface area (Å²) >= 11 is 0. The molecule has 0 aliphatic heterocycles. The lowest BCUT2D eigenvalue weighted by atomic mass is 9.95. The molecule has 0 N–H and O–H groups in total. The Morgan fingerprint density at radius 3 is 1.79 bits per heavy atom. The van der Waals surface area contributed by atoms with E-state index in [1.54, 1.807) is 0 Å². The maximum Gasteiger partial charge on any atom is 0.224 e. The summed E-state index contributed by atoms with van der Waals surface area (Å²) < 4.78 is 0.581. The second-order valence-electron chi connectivity index (χ2n) is 5.66. The highest BCUT2D eigenvalue weighted by atomic mass is 16.1. The van der Waals surface area contributed by atoms with Gasteiger partial charge in [-0.05, 0) is 0 Å². The Morgan fingerprint density at radius 2 is 1.32 bits per heavy atom. The molecule has 2 nitrogen and oxygen atoms in total. The van der Waals surface area contributed by atoms with E-state index in [9.17, 15) is 4.79 Å². The maximum atomic E-state index is 12.8. The molecule has 0 aliphatic carbocycles. The summed E-state index contributed by atoms with van der Waals surface area (Å²) in [5.41, 5.74) is 1.83. The fourth-order valence-corrected chi connectivity index (χ4v) is 2.35. The highest BCUT2D eigenvalue weighted by Crippen LogP contribution is 2.27. The Balaban J connectivity index is 2.43. The molecule has 2 aromatic carbocycles. The Hall–Kier alpha value is -1.93. The van der Waals surface area contributed by atoms with Crippen molar-refractivity contribution < 1.29 is 9.28 Å². The lowest BCUT2D eigenvalue weighted by Crippen LogP contribution is -2.43. The monoisotopic (exact) mass is 254 g/mol. The van der Waals surface area contributed by atoms with Gasteiger partial charge in [0.1, 0.15) is 0 Å². The number of hydrogen-bond acceptors (Lipinski definition) is 1. The van der Waals surface area contributed by atoms with Gasteiger partial charge < -0.3 is 4.48 Å². The van der Waals surface area contributed by atoms with Gasteiger partial charge in [-0.15, -0.1) is 0 Å². The number of nitrogens with zero attached hydrogens (tertiary/aromatic N) is 1. The average Bonchev–Trinajstić information content (AvgIpc) is 2.39. The van der Waals surface area contributed by atoms with Crippen molar-refractivity contribution in [1.29, 1.82) is 0 Å². The lowest BCUT2D eigenvalue weighted by molar-refractivity contribution is -0.891. The fourth-order valence-electron chi connectivity index (χ4n) is 2.35. The summed E-state index contributed by atoms with van der Waals surface area (Å²) in [5.74, 6) is 0.166. The van der Waals surface area contributed by atoms with Crippen molar-refractivity contribution >= 4 is 5.78 Å². The number of hydrogen-bond donors (Lipinski definition) is 0. The van der Waals surface area contributed by atoms with Crippen molar-refractivity contribution in [2.75, 3.05) is 21.1 Å². The van der Waals surface area contributed by atoms with Crippen molar-refractivity contribution in [2.24, 2.45) is 0 Å². The smallest absolute Gasteiger partial charge is 0.224 e. The Bertz CT molecular complexity index is 540. The molecule has 0 heterocycles. The van der Waals surface area contributed by atoms with Crippen LogP contribution in [0.25, 0.3) is 0 Å². The first-order valence-electron chi connectivity index (χ1n) is 6.45. The third kappa shape index (κ3) is 3.09. The molecular formula is C17H20NO+. The summed E-state index contributed by atoms with van der Waals surface area (Å²) in [5, 5.41) is 0. The van der Waals surface area contributed by atoms with Gasteiger partial charge in [0, 0.05) is 11.1 Å². The highest BCUT2D eigenvalue weighted by Gasteiger charge is 2.33. The van der Waals surface area contributed by atoms with Gasteiger partial charge in [0.25, 0.3) is 0 Å². The van der Waals surface area contributed by atoms with Gasteiger partial charge in [-0.25, -0.2) is 0 Å². The quantitative estimate of drug-likeness (QED) is 0.604. The predicted octanol–water partition coefficient (Wildman–Crippen LogP) is 3.32. The summed E-state index contributed by atoms with van der Waals surface area (Å²) in [7, 11) is 6.16. The first-order valence-corrected chi connectivity index (χ1v) is 6.45. The third-order valence-corrected chi connectivity index (χ3v) is 3.20. The van der Waals surface area contributed by atoms with Crippen molar-refractivity contribution in [3.05, 3.63) is 71.8 Å². The number of ketones is 1. The van der Waals surface area contributed by atoms with Crippen LogP contribution in [0.15, 0.2) is 60.7 Å². The second kappa shape index (κ2) is 5.37. The Kier molecular flexibility index (Phi) is 3.82. The number of Topliss-reactive ketones (excluding diaryl/α,β-unsaturated/α-hetero) is 1. The third-order valence-electron chi connectivity index (χ3n) is 3.20. The van der Waals surface area contributed by atoms with Crippen molar-refractivity contribution in [3.8, 4) is 0 Å². The topological polar surface area (TPSA) is 17.1 Å². The number of carbonyl (C=O) groups is 1. The van der Waals surface area contributed by atoms with Crippen LogP contribution in [-0.4, -0.2) is 31.4 Å². The van der Waals surface area contributed by atoms with Crippen LogP contribution in [-0.2, 0) is 0 Å². The molecule has 0 saturated heterocycles. The number of likely N-dealkylation sites (N-methyl/N-ethyl adjacent to an activating group) is 1. The van der Waals surface area contributed by atoms with Gasteiger partial charge in [0.05, 0.1) is 21.1 Å². The number of quaternary nitrogens is 1. The van der Waals surface area contributed by atoms with E-state index >= 15 is 0 Å². The van der Waals surface area contributed by atoms with Crippen LogP contribution >= 0.6 is 0 Å². The van der Waals surface area contributed by atoms with Crippen LogP contribution in [0, 0.1) is 0 Å². The minimum absolute atomic E-state index is 0.166. The van der Waals surface area contributed by atoms with Crippen LogP contribution in [0.3, 0.4) is 0 Å². The molecule has 0 aromatic heterocycles. The normalized spacial score (nSPS) is 13.0. The van der Waals surface area contributed by atoms with Gasteiger partial charge in [-0.2, -0.15) is 0 Å². The molecule has 2 heteroatoms. The SMILES string of the molecule is C[N+](C)(C)[C@@H](C(=O)c1ccccc1)c1ccccc1. The Morgan fingerprint density at radius 1 is 0.842 bits per heavy atom. The zero-order chi connectivity index (χ0) is 13.9. The standard InChI is InChI=1S/C17H20NO/c1-18(2,3)16(14-10-6-4-7-11-14)17(19)15-12-8-5-9-13-15/h4-13,16H,1-3H3/q+1/t16-/m1/s1. The summed E-state index contributed by atoms with van der Waals surface area (Å²) in [6.45, 7) is 0. The second-order valence-corrected chi connectivity index (χ2v) is 5.66. The molecular weight excluding hydrogens is 234 g/mol. The van der Waals surface area contributed by atoms with Crippen molar-refractivity contribution in [1.82, 2.24) is 0 Å². The molecule has 0 bridgehead atoms. The van der Waals surface area contributed by atoms with E-state index in [0.29, 0.717) is 4.48 Å². The van der Waals surface area contributed by atoms with Crippen LogP contribution in [0.5, 0.6) is 0 Å². The molecule has 98 valence electrons. The molecule has 0 saturated carbocycles. The molecule has 2 aromatic rings. The molecule has 1 atom stereocenters. The van der Waals surface area contributed by atoms with Crippen molar-refractivity contribution in [3.63, 3.8) is 0 Å². The molecule has 0 radical (unpaired) electrons. The van der Waals surface area contributed by atoms with E-state index < -0.39 is 0 Å². The van der Waals surface area contributed by atoms with Gasteiger partial charge in [0.15, 0.2) is 6.04 Å². The molecule has 2 rings (SSSR count). The van der Waals surface area contributed by atoms with Crippen molar-refractivity contribution in [2.45, 2.75) is 6.04 Å². The van der Waals surface area contributed by atoms with E-state index in [2.05, 4.69) is 21.1 Å². The minimum Gasteiger partial charge on any atom is -0.318 e. The van der Waals surface area contributed by atoms with Crippen LogP contribution in [0.2, 0.25) is 0 Å². The summed E-state index contributed by atoms with van der Waals surface area (Å²) in [6, 6.07) is 19.3. The highest BCUT2D eigenvalue weighted by molar-refractivity contribution is 5.99. The molecule has 0 spiro atoms. The van der Waals surface area contributed by atoms with E-state index in [-0.39, 0.29) is 11.8 Å². The first kappa shape index (κ1) is 13.5. The number of rotatable bonds is 4. The van der Waals surface area contributed by atoms with E-state index in [0.717, 1.165) is 11.1 Å². The summed E-state index contributed by atoms with van der Waals surface area (Å²) in [4.78, 5) is 12.8. The van der Waals surface area contributed by atoms with Gasteiger partial charge in [-0.3, -0.25) is 4.79 Å².